The molecule has 1 nitrogen and oxygen atoms in total. The van der Waals surface area contributed by atoms with Crippen molar-refractivity contribution < 1.29 is 4.57 Å². The van der Waals surface area contributed by atoms with Gasteiger partial charge in [-0.25, -0.2) is 0 Å². The molecule has 0 aromatic rings. The van der Waals surface area contributed by atoms with Crippen LogP contribution in [-0.2, 0) is 4.57 Å². The number of allylic oxidation sites excluding steroid dienone is 4. The summed E-state index contributed by atoms with van der Waals surface area (Å²) in [5, 5.41) is 1.15. The van der Waals surface area contributed by atoms with Gasteiger partial charge in [0.25, 0.3) is 0 Å². The molecule has 0 aliphatic heterocycles. The lowest BCUT2D eigenvalue weighted by atomic mass is 10.1. The fourth-order valence-electron chi connectivity index (χ4n) is 1.27. The summed E-state index contributed by atoms with van der Waals surface area (Å²) in [5.41, 5.74) is 1.26. The van der Waals surface area contributed by atoms with Crippen molar-refractivity contribution in [1.29, 1.82) is 0 Å². The predicted molar refractivity (Wildman–Crippen MR) is 61.9 cm³/mol. The van der Waals surface area contributed by atoms with E-state index in [1.54, 1.807) is 0 Å². The van der Waals surface area contributed by atoms with Crippen LogP contribution in [0.15, 0.2) is 23.0 Å². The molecule has 0 atom stereocenters. The maximum absolute atomic E-state index is 11.6. The van der Waals surface area contributed by atoms with Gasteiger partial charge in [0, 0.05) is 0 Å². The smallest absolute Gasteiger partial charge is 0.106 e. The maximum Gasteiger partial charge on any atom is 0.106 e. The zero-order valence-corrected chi connectivity index (χ0v) is 10.3. The molecule has 0 N–H and O–H groups in total. The minimum absolute atomic E-state index is 0.988. The minimum atomic E-state index is -1.96. The average molecular weight is 200 g/mol. The second-order valence-electron chi connectivity index (χ2n) is 3.47. The van der Waals surface area contributed by atoms with Crippen molar-refractivity contribution in [3.8, 4) is 0 Å². The standard InChI is InChI=1S/C9H15OP.C2H6/c1-8-5-4-6-9(7-8)11(2,3)10;1-2/h5,7H,4,6H2,1-3H3;1-2H3. The summed E-state index contributed by atoms with van der Waals surface area (Å²) in [5.74, 6) is 0. The van der Waals surface area contributed by atoms with E-state index >= 15 is 0 Å². The van der Waals surface area contributed by atoms with Crippen LogP contribution >= 0.6 is 7.14 Å². The Kier molecular flexibility index (Phi) is 5.32. The highest BCUT2D eigenvalue weighted by Crippen LogP contribution is 2.49. The van der Waals surface area contributed by atoms with Gasteiger partial charge in [-0.2, -0.15) is 0 Å². The third-order valence-corrected chi connectivity index (χ3v) is 3.69. The normalized spacial score (nSPS) is 16.7. The Balaban J connectivity index is 0.000000671. The third kappa shape index (κ3) is 4.47. The Morgan fingerprint density at radius 2 is 1.85 bits per heavy atom. The van der Waals surface area contributed by atoms with Crippen molar-refractivity contribution in [2.45, 2.75) is 33.6 Å². The van der Waals surface area contributed by atoms with Gasteiger partial charge in [-0.1, -0.05) is 31.6 Å². The van der Waals surface area contributed by atoms with E-state index in [2.05, 4.69) is 19.1 Å². The molecule has 13 heavy (non-hydrogen) atoms. The average Bonchev–Trinajstić information content (AvgIpc) is 2.06. The summed E-state index contributed by atoms with van der Waals surface area (Å²) in [7, 11) is -1.96. The molecular formula is C11H21OP. The monoisotopic (exact) mass is 200 g/mol. The first-order chi connectivity index (χ1) is 6.00. The molecule has 1 aliphatic rings. The Labute approximate surface area is 82.3 Å². The first-order valence-corrected chi connectivity index (χ1v) is 7.53. The van der Waals surface area contributed by atoms with Crippen LogP contribution in [0.5, 0.6) is 0 Å². The molecule has 0 aromatic heterocycles. The Morgan fingerprint density at radius 1 is 1.31 bits per heavy atom. The molecular weight excluding hydrogens is 179 g/mol. The van der Waals surface area contributed by atoms with Crippen LogP contribution in [0.25, 0.3) is 0 Å². The van der Waals surface area contributed by atoms with E-state index in [1.165, 1.54) is 5.57 Å². The number of hydrogen-bond acceptors (Lipinski definition) is 1. The summed E-state index contributed by atoms with van der Waals surface area (Å²) in [4.78, 5) is 0. The number of rotatable bonds is 1. The Hall–Kier alpha value is -0.290. The van der Waals surface area contributed by atoms with Gasteiger partial charge in [0.15, 0.2) is 0 Å². The van der Waals surface area contributed by atoms with Gasteiger partial charge in [-0.3, -0.25) is 0 Å². The Morgan fingerprint density at radius 3 is 2.15 bits per heavy atom. The van der Waals surface area contributed by atoms with E-state index in [-0.39, 0.29) is 0 Å². The van der Waals surface area contributed by atoms with E-state index in [1.807, 2.05) is 27.2 Å². The molecule has 0 radical (unpaired) electrons. The lowest BCUT2D eigenvalue weighted by Crippen LogP contribution is -1.90. The highest BCUT2D eigenvalue weighted by atomic mass is 31.2. The topological polar surface area (TPSA) is 17.1 Å². The van der Waals surface area contributed by atoms with E-state index in [4.69, 9.17) is 0 Å². The highest BCUT2D eigenvalue weighted by molar-refractivity contribution is 7.66. The molecule has 1 rings (SSSR count). The molecule has 0 saturated carbocycles. The predicted octanol–water partition coefficient (Wildman–Crippen LogP) is 4.26. The third-order valence-electron chi connectivity index (χ3n) is 1.95. The molecule has 0 bridgehead atoms. The molecule has 0 heterocycles. The largest absolute Gasteiger partial charge is 0.320 e. The van der Waals surface area contributed by atoms with Crippen LogP contribution in [-0.4, -0.2) is 13.3 Å². The lowest BCUT2D eigenvalue weighted by molar-refractivity contribution is 0.585. The molecule has 0 saturated heterocycles. The van der Waals surface area contributed by atoms with Gasteiger partial charge in [-0.05, 0) is 38.4 Å². The van der Waals surface area contributed by atoms with Gasteiger partial charge in [0.2, 0.25) is 0 Å². The quantitative estimate of drug-likeness (QED) is 0.578. The van der Waals surface area contributed by atoms with Crippen LogP contribution in [0, 0.1) is 0 Å². The summed E-state index contributed by atoms with van der Waals surface area (Å²) in [6, 6.07) is 0. The molecule has 0 fully saturated rings. The molecule has 1 aliphatic carbocycles. The molecule has 0 unspecified atom stereocenters. The van der Waals surface area contributed by atoms with Gasteiger partial charge in [-0.15, -0.1) is 0 Å². The fourth-order valence-corrected chi connectivity index (χ4v) is 2.45. The second-order valence-corrected chi connectivity index (χ2v) is 6.75. The zero-order chi connectivity index (χ0) is 10.5. The van der Waals surface area contributed by atoms with Crippen molar-refractivity contribution >= 4 is 7.14 Å². The van der Waals surface area contributed by atoms with Crippen molar-refractivity contribution in [1.82, 2.24) is 0 Å². The van der Waals surface area contributed by atoms with E-state index in [9.17, 15) is 4.57 Å². The highest BCUT2D eigenvalue weighted by Gasteiger charge is 2.15. The molecule has 0 amide bonds. The Bertz CT molecular complexity index is 255. The molecule has 0 spiro atoms. The minimum Gasteiger partial charge on any atom is -0.320 e. The van der Waals surface area contributed by atoms with E-state index < -0.39 is 7.14 Å². The zero-order valence-electron chi connectivity index (χ0n) is 9.42. The van der Waals surface area contributed by atoms with Crippen LogP contribution in [0.4, 0.5) is 0 Å². The van der Waals surface area contributed by atoms with Crippen LogP contribution in [0.3, 0.4) is 0 Å². The maximum atomic E-state index is 11.6. The molecule has 76 valence electrons. The van der Waals surface area contributed by atoms with Gasteiger partial charge in [0.05, 0.1) is 0 Å². The summed E-state index contributed by atoms with van der Waals surface area (Å²) in [6.07, 6.45) is 6.31. The van der Waals surface area contributed by atoms with Crippen molar-refractivity contribution in [2.75, 3.05) is 13.3 Å². The molecule has 0 aromatic carbocycles. The van der Waals surface area contributed by atoms with Crippen molar-refractivity contribution in [3.63, 3.8) is 0 Å². The van der Waals surface area contributed by atoms with Crippen LogP contribution < -0.4 is 0 Å². The summed E-state index contributed by atoms with van der Waals surface area (Å²) in [6.45, 7) is 9.75. The summed E-state index contributed by atoms with van der Waals surface area (Å²) < 4.78 is 11.6. The van der Waals surface area contributed by atoms with Gasteiger partial charge < -0.3 is 4.57 Å². The van der Waals surface area contributed by atoms with E-state index in [0.29, 0.717) is 0 Å². The van der Waals surface area contributed by atoms with Crippen LogP contribution in [0.2, 0.25) is 0 Å². The van der Waals surface area contributed by atoms with Crippen molar-refractivity contribution in [2.24, 2.45) is 0 Å². The SMILES string of the molecule is CC.CC1=CCCC(P(C)(C)=O)=C1. The second kappa shape index (κ2) is 5.44. The summed E-state index contributed by atoms with van der Waals surface area (Å²) >= 11 is 0. The van der Waals surface area contributed by atoms with E-state index in [0.717, 1.165) is 18.2 Å². The van der Waals surface area contributed by atoms with Gasteiger partial charge >= 0.3 is 0 Å². The fraction of sp³-hybridized carbons (Fsp3) is 0.636. The van der Waals surface area contributed by atoms with Crippen LogP contribution in [0.1, 0.15) is 33.6 Å². The van der Waals surface area contributed by atoms with Crippen molar-refractivity contribution in [3.05, 3.63) is 23.0 Å². The number of hydrogen-bond donors (Lipinski definition) is 0. The lowest BCUT2D eigenvalue weighted by Gasteiger charge is -2.15. The van der Waals surface area contributed by atoms with Gasteiger partial charge in [0.1, 0.15) is 7.14 Å². The molecule has 2 heteroatoms. The first-order valence-electron chi connectivity index (χ1n) is 4.93. The first kappa shape index (κ1) is 12.7.